The van der Waals surface area contributed by atoms with Gasteiger partial charge < -0.3 is 24.2 Å². The number of ether oxygens (including phenoxy) is 3. The third-order valence-corrected chi connectivity index (χ3v) is 12.7. The fourth-order valence-corrected chi connectivity index (χ4v) is 8.63. The summed E-state index contributed by atoms with van der Waals surface area (Å²) in [7, 11) is 0. The number of esters is 1. The largest absolute Gasteiger partial charge is 0.508 e. The minimum atomic E-state index is -0.466. The van der Waals surface area contributed by atoms with Crippen molar-refractivity contribution in [2.24, 2.45) is 5.92 Å². The van der Waals surface area contributed by atoms with Crippen molar-refractivity contribution in [1.29, 1.82) is 0 Å². The zero-order valence-electron chi connectivity index (χ0n) is 41.0. The van der Waals surface area contributed by atoms with Crippen LogP contribution in [-0.4, -0.2) is 62.8 Å². The van der Waals surface area contributed by atoms with Crippen molar-refractivity contribution in [3.05, 3.63) is 0 Å². The Morgan fingerprint density at radius 1 is 0.400 bits per heavy atom. The molecule has 0 aromatic rings. The first-order chi connectivity index (χ1) is 29.5. The van der Waals surface area contributed by atoms with Crippen molar-refractivity contribution in [2.45, 2.75) is 284 Å². The lowest BCUT2D eigenvalue weighted by molar-refractivity contribution is -0.901. The SMILES string of the molecule is CCCCCCCCCCCC(CCCCCC)OC(=O)OCCCCCCCC[NH+](CCO)CCCCCCCCOC(=O)C(CCCCCCC)CCCCCCC. The second-order valence-corrected chi connectivity index (χ2v) is 18.5. The first-order valence-corrected chi connectivity index (χ1v) is 27.0. The van der Waals surface area contributed by atoms with Crippen LogP contribution in [0.15, 0.2) is 0 Å². The standard InChI is InChI=1S/C53H105NO6/c1-5-9-13-17-18-19-20-27-35-43-51(42-34-16-12-8-4)60-53(57)59-49-39-31-24-22-29-37-45-54(46-47-55)44-36-28-21-23-30-38-48-58-52(56)50(40-32-25-14-10-6-2)41-33-26-15-11-7-3/h50-51,55H,5-49H2,1-4H3/p+1. The summed E-state index contributed by atoms with van der Waals surface area (Å²) in [5, 5.41) is 9.64. The van der Waals surface area contributed by atoms with Crippen molar-refractivity contribution in [2.75, 3.05) is 39.5 Å². The number of aliphatic hydroxyl groups is 1. The number of unbranched alkanes of at least 4 members (excludes halogenated alkanes) is 29. The van der Waals surface area contributed by atoms with E-state index in [4.69, 9.17) is 14.2 Å². The maximum absolute atomic E-state index is 12.9. The third-order valence-electron chi connectivity index (χ3n) is 12.7. The fourth-order valence-electron chi connectivity index (χ4n) is 8.63. The molecule has 0 rings (SSSR count). The summed E-state index contributed by atoms with van der Waals surface area (Å²) in [4.78, 5) is 27.0. The Kier molecular flexibility index (Phi) is 47.6. The Balaban J connectivity index is 4.04. The fraction of sp³-hybridized carbons (Fsp3) is 0.962. The summed E-state index contributed by atoms with van der Waals surface area (Å²) < 4.78 is 17.1. The van der Waals surface area contributed by atoms with Gasteiger partial charge in [0.05, 0.1) is 38.8 Å². The number of nitrogens with one attached hydrogen (secondary N) is 1. The van der Waals surface area contributed by atoms with E-state index >= 15 is 0 Å². The predicted molar refractivity (Wildman–Crippen MR) is 256 cm³/mol. The molecule has 7 heteroatoms. The second kappa shape index (κ2) is 48.7. The predicted octanol–water partition coefficient (Wildman–Crippen LogP) is 14.8. The van der Waals surface area contributed by atoms with Gasteiger partial charge in [0, 0.05) is 0 Å². The molecule has 2 unspecified atom stereocenters. The van der Waals surface area contributed by atoms with Gasteiger partial charge in [0.25, 0.3) is 0 Å². The van der Waals surface area contributed by atoms with E-state index in [1.165, 1.54) is 178 Å². The van der Waals surface area contributed by atoms with E-state index in [1.807, 2.05) is 0 Å². The van der Waals surface area contributed by atoms with Gasteiger partial charge in [0.15, 0.2) is 0 Å². The highest BCUT2D eigenvalue weighted by molar-refractivity contribution is 5.72. The summed E-state index contributed by atoms with van der Waals surface area (Å²) in [5.74, 6) is 0.163. The molecule has 0 saturated carbocycles. The molecule has 0 fully saturated rings. The van der Waals surface area contributed by atoms with Crippen LogP contribution in [0.1, 0.15) is 278 Å². The highest BCUT2D eigenvalue weighted by atomic mass is 16.7. The number of rotatable bonds is 49. The van der Waals surface area contributed by atoms with Crippen LogP contribution in [0.25, 0.3) is 0 Å². The molecule has 0 bridgehead atoms. The summed E-state index contributed by atoms with van der Waals surface area (Å²) in [5.41, 5.74) is 0. The second-order valence-electron chi connectivity index (χ2n) is 18.5. The van der Waals surface area contributed by atoms with E-state index in [0.717, 1.165) is 96.7 Å². The molecule has 0 saturated heterocycles. The van der Waals surface area contributed by atoms with Crippen molar-refractivity contribution in [3.63, 3.8) is 0 Å². The van der Waals surface area contributed by atoms with Gasteiger partial charge in [0.1, 0.15) is 12.6 Å². The maximum atomic E-state index is 12.9. The van der Waals surface area contributed by atoms with Gasteiger partial charge >= 0.3 is 12.1 Å². The number of aliphatic hydroxyl groups excluding tert-OH is 1. The number of quaternary nitrogens is 1. The van der Waals surface area contributed by atoms with Crippen molar-refractivity contribution < 1.29 is 33.8 Å². The molecule has 0 aliphatic heterocycles. The third kappa shape index (κ3) is 42.0. The van der Waals surface area contributed by atoms with Crippen LogP contribution in [0.2, 0.25) is 0 Å². The van der Waals surface area contributed by atoms with Gasteiger partial charge in [-0.15, -0.1) is 0 Å². The zero-order chi connectivity index (χ0) is 43.8. The first-order valence-electron chi connectivity index (χ1n) is 27.0. The quantitative estimate of drug-likeness (QED) is 0.0468. The Hall–Kier alpha value is -1.34. The number of hydrogen-bond acceptors (Lipinski definition) is 6. The lowest BCUT2D eigenvalue weighted by atomic mass is 9.94. The molecule has 0 radical (unpaired) electrons. The van der Waals surface area contributed by atoms with E-state index in [-0.39, 0.29) is 24.6 Å². The summed E-state index contributed by atoms with van der Waals surface area (Å²) in [6.45, 7) is 13.4. The normalized spacial score (nSPS) is 12.6. The molecule has 7 nitrogen and oxygen atoms in total. The molecular weight excluding hydrogens is 747 g/mol. The minimum absolute atomic E-state index is 0.00296. The number of hydrogen-bond donors (Lipinski definition) is 2. The summed E-state index contributed by atoms with van der Waals surface area (Å²) in [6.07, 6.45) is 46.4. The van der Waals surface area contributed by atoms with Gasteiger partial charge in [-0.05, 0) is 77.0 Å². The van der Waals surface area contributed by atoms with Gasteiger partial charge in [-0.3, -0.25) is 4.79 Å². The van der Waals surface area contributed by atoms with Gasteiger partial charge in [-0.2, -0.15) is 0 Å². The smallest absolute Gasteiger partial charge is 0.465 e. The minimum Gasteiger partial charge on any atom is -0.465 e. The molecule has 2 N–H and O–H groups in total. The van der Waals surface area contributed by atoms with Crippen LogP contribution in [0.4, 0.5) is 4.79 Å². The molecular formula is C53H106NO6+. The van der Waals surface area contributed by atoms with Crippen molar-refractivity contribution in [1.82, 2.24) is 0 Å². The van der Waals surface area contributed by atoms with E-state index in [2.05, 4.69) is 27.7 Å². The average molecular weight is 853 g/mol. The van der Waals surface area contributed by atoms with Crippen LogP contribution in [0.3, 0.4) is 0 Å². The van der Waals surface area contributed by atoms with E-state index in [0.29, 0.717) is 13.2 Å². The van der Waals surface area contributed by atoms with Crippen LogP contribution >= 0.6 is 0 Å². The molecule has 60 heavy (non-hydrogen) atoms. The number of carbonyl (C=O) groups is 2. The molecule has 0 aliphatic carbocycles. The van der Waals surface area contributed by atoms with Crippen LogP contribution in [0.5, 0.6) is 0 Å². The van der Waals surface area contributed by atoms with Gasteiger partial charge in [-0.1, -0.05) is 201 Å². The monoisotopic (exact) mass is 853 g/mol. The Morgan fingerprint density at radius 2 is 0.733 bits per heavy atom. The average Bonchev–Trinajstić information content (AvgIpc) is 3.24. The highest BCUT2D eigenvalue weighted by Crippen LogP contribution is 2.21. The van der Waals surface area contributed by atoms with Crippen molar-refractivity contribution >= 4 is 12.1 Å². The Labute approximate surface area is 374 Å². The maximum Gasteiger partial charge on any atom is 0.508 e. The van der Waals surface area contributed by atoms with Crippen LogP contribution in [-0.2, 0) is 19.0 Å². The van der Waals surface area contributed by atoms with E-state index < -0.39 is 6.16 Å². The van der Waals surface area contributed by atoms with Crippen LogP contribution in [0, 0.1) is 5.92 Å². The molecule has 0 spiro atoms. The summed E-state index contributed by atoms with van der Waals surface area (Å²) >= 11 is 0. The molecule has 0 heterocycles. The lowest BCUT2D eigenvalue weighted by Crippen LogP contribution is -3.12. The zero-order valence-corrected chi connectivity index (χ0v) is 41.0. The molecule has 0 aliphatic rings. The molecule has 358 valence electrons. The van der Waals surface area contributed by atoms with Gasteiger partial charge in [0.2, 0.25) is 0 Å². The topological polar surface area (TPSA) is 86.5 Å². The molecule has 2 atom stereocenters. The first kappa shape index (κ1) is 58.7. The highest BCUT2D eigenvalue weighted by Gasteiger charge is 2.19. The van der Waals surface area contributed by atoms with Crippen molar-refractivity contribution in [3.8, 4) is 0 Å². The molecule has 0 amide bonds. The van der Waals surface area contributed by atoms with Crippen LogP contribution < -0.4 is 4.90 Å². The Morgan fingerprint density at radius 3 is 1.15 bits per heavy atom. The Bertz CT molecular complexity index is 856. The molecule has 0 aromatic carbocycles. The van der Waals surface area contributed by atoms with E-state index in [9.17, 15) is 14.7 Å². The molecule has 0 aromatic heterocycles. The summed E-state index contributed by atoms with van der Waals surface area (Å²) in [6, 6.07) is 0. The van der Waals surface area contributed by atoms with Gasteiger partial charge in [-0.25, -0.2) is 4.79 Å². The number of carbonyl (C=O) groups excluding carboxylic acids is 2. The lowest BCUT2D eigenvalue weighted by Gasteiger charge is -2.18. The van der Waals surface area contributed by atoms with E-state index in [1.54, 1.807) is 0 Å².